The lowest BCUT2D eigenvalue weighted by molar-refractivity contribution is -0.129. The van der Waals surface area contributed by atoms with Gasteiger partial charge in [-0.2, -0.15) is 0 Å². The molecule has 3 rings (SSSR count). The van der Waals surface area contributed by atoms with Crippen LogP contribution in [0.3, 0.4) is 0 Å². The second-order valence-electron chi connectivity index (χ2n) is 7.61. The molecule has 8 nitrogen and oxygen atoms in total. The Hall–Kier alpha value is -3.36. The lowest BCUT2D eigenvalue weighted by Gasteiger charge is -2.25. The molecule has 1 aromatic carbocycles. The molecule has 2 heterocycles. The van der Waals surface area contributed by atoms with E-state index in [-0.39, 0.29) is 18.3 Å². The van der Waals surface area contributed by atoms with Crippen molar-refractivity contribution in [1.82, 2.24) is 9.47 Å². The Morgan fingerprint density at radius 1 is 1.31 bits per heavy atom. The smallest absolute Gasteiger partial charge is 0.246 e. The minimum atomic E-state index is -0.0966. The topological polar surface area (TPSA) is 117 Å². The molecule has 1 fully saturated rings. The molecule has 0 bridgehead atoms. The number of carbonyl (C=O) groups is 1. The number of hydrogen-bond donors (Lipinski definition) is 4. The van der Waals surface area contributed by atoms with Gasteiger partial charge in [-0.05, 0) is 31.2 Å². The third kappa shape index (κ3) is 5.09. The zero-order valence-corrected chi connectivity index (χ0v) is 18.4. The number of morpholine rings is 1. The van der Waals surface area contributed by atoms with Gasteiger partial charge in [-0.15, -0.1) is 0 Å². The van der Waals surface area contributed by atoms with Crippen LogP contribution in [0.5, 0.6) is 0 Å². The largest absolute Gasteiger partial charge is 0.396 e. The van der Waals surface area contributed by atoms with E-state index in [1.165, 1.54) is 6.20 Å². The summed E-state index contributed by atoms with van der Waals surface area (Å²) < 4.78 is 7.27. The number of nitrogens with zero attached hydrogens (tertiary/aromatic N) is 2. The zero-order valence-electron chi connectivity index (χ0n) is 18.4. The van der Waals surface area contributed by atoms with Crippen LogP contribution in [0.4, 0.5) is 5.82 Å². The molecule has 1 aliphatic rings. The molecule has 0 saturated carbocycles. The van der Waals surface area contributed by atoms with Crippen molar-refractivity contribution in [3.8, 4) is 11.1 Å². The van der Waals surface area contributed by atoms with Gasteiger partial charge in [-0.1, -0.05) is 36.4 Å². The molecule has 170 valence electrons. The number of nitrogen functional groups attached to an aromatic ring is 1. The van der Waals surface area contributed by atoms with Crippen LogP contribution in [-0.4, -0.2) is 59.2 Å². The van der Waals surface area contributed by atoms with E-state index in [0.29, 0.717) is 50.7 Å². The highest BCUT2D eigenvalue weighted by Gasteiger charge is 2.24. The number of aliphatic hydroxyl groups is 1. The van der Waals surface area contributed by atoms with Crippen molar-refractivity contribution in [2.24, 2.45) is 5.73 Å². The van der Waals surface area contributed by atoms with Gasteiger partial charge in [0.2, 0.25) is 5.91 Å². The third-order valence-electron chi connectivity index (χ3n) is 5.40. The second-order valence-corrected chi connectivity index (χ2v) is 7.61. The van der Waals surface area contributed by atoms with E-state index in [9.17, 15) is 9.90 Å². The number of ether oxygens (including phenoxy) is 1. The number of aryl methyl sites for hydroxylation is 1. The van der Waals surface area contributed by atoms with E-state index >= 15 is 0 Å². The first kappa shape index (κ1) is 23.3. The number of amides is 1. The molecule has 8 heteroatoms. The van der Waals surface area contributed by atoms with Crippen LogP contribution >= 0.6 is 0 Å². The average molecular weight is 438 g/mol. The Morgan fingerprint density at radius 3 is 2.59 bits per heavy atom. The Kier molecular flexibility index (Phi) is 7.86. The highest BCUT2D eigenvalue weighted by atomic mass is 16.5. The molecule has 1 amide bonds. The predicted octanol–water partition coefficient (Wildman–Crippen LogP) is 2.56. The van der Waals surface area contributed by atoms with Crippen LogP contribution in [0.15, 0.2) is 43.1 Å². The van der Waals surface area contributed by atoms with Gasteiger partial charge in [0.05, 0.1) is 24.5 Å². The molecule has 5 N–H and O–H groups in total. The van der Waals surface area contributed by atoms with E-state index in [2.05, 4.69) is 11.9 Å². The Bertz CT molecular complexity index is 1000. The number of nitrogens with two attached hydrogens (primary N) is 1. The molecule has 0 unspecified atom stereocenters. The van der Waals surface area contributed by atoms with Crippen LogP contribution in [0.2, 0.25) is 0 Å². The minimum absolute atomic E-state index is 0.0108. The third-order valence-corrected chi connectivity index (χ3v) is 5.40. The fourth-order valence-corrected chi connectivity index (χ4v) is 3.83. The second kappa shape index (κ2) is 10.8. The Balaban J connectivity index is 2.18. The molecule has 1 saturated heterocycles. The highest BCUT2D eigenvalue weighted by Crippen LogP contribution is 2.37. The molecule has 2 aromatic rings. The van der Waals surface area contributed by atoms with Crippen LogP contribution < -0.4 is 11.1 Å². The first-order valence-corrected chi connectivity index (χ1v) is 10.7. The Labute approximate surface area is 188 Å². The summed E-state index contributed by atoms with van der Waals surface area (Å²) in [6.07, 6.45) is 5.35. The van der Waals surface area contributed by atoms with Gasteiger partial charge in [-0.3, -0.25) is 10.2 Å². The van der Waals surface area contributed by atoms with Crippen LogP contribution in [0.1, 0.15) is 23.2 Å². The molecule has 1 aromatic heterocycles. The number of aliphatic hydroxyl groups excluding tert-OH is 1. The van der Waals surface area contributed by atoms with Crippen molar-refractivity contribution in [2.75, 3.05) is 38.2 Å². The first-order valence-electron chi connectivity index (χ1n) is 10.7. The van der Waals surface area contributed by atoms with E-state index < -0.39 is 0 Å². The van der Waals surface area contributed by atoms with Crippen molar-refractivity contribution in [2.45, 2.75) is 19.9 Å². The Morgan fingerprint density at radius 2 is 2.00 bits per heavy atom. The summed E-state index contributed by atoms with van der Waals surface area (Å²) >= 11 is 0. The van der Waals surface area contributed by atoms with Crippen LogP contribution in [0, 0.1) is 12.3 Å². The molecular formula is C24H31N5O3. The van der Waals surface area contributed by atoms with Crippen LogP contribution in [-0.2, 0) is 16.1 Å². The van der Waals surface area contributed by atoms with Gasteiger partial charge in [-0.25, -0.2) is 0 Å². The fourth-order valence-electron chi connectivity index (χ4n) is 3.83. The summed E-state index contributed by atoms with van der Waals surface area (Å²) in [4.78, 5) is 14.5. The molecule has 1 aliphatic heterocycles. The maximum atomic E-state index is 12.8. The maximum Gasteiger partial charge on any atom is 0.246 e. The number of rotatable bonds is 9. The number of amidine groups is 1. The number of aromatic nitrogens is 1. The summed E-state index contributed by atoms with van der Waals surface area (Å²) in [7, 11) is 0. The van der Waals surface area contributed by atoms with E-state index in [1.54, 1.807) is 17.1 Å². The van der Waals surface area contributed by atoms with Gasteiger partial charge >= 0.3 is 0 Å². The van der Waals surface area contributed by atoms with Crippen molar-refractivity contribution in [3.05, 3.63) is 59.9 Å². The summed E-state index contributed by atoms with van der Waals surface area (Å²) in [5.41, 5.74) is 10.0. The SMILES string of the molecule is C=CNc1c(C(=N)N)c(-c2ccc(C)cc2)c(/C=C/C(=O)N2CCOCC2)n1CCCO. The predicted molar refractivity (Wildman–Crippen MR) is 128 cm³/mol. The van der Waals surface area contributed by atoms with Crippen molar-refractivity contribution >= 4 is 23.6 Å². The minimum Gasteiger partial charge on any atom is -0.396 e. The molecule has 0 radical (unpaired) electrons. The monoisotopic (exact) mass is 437 g/mol. The van der Waals surface area contributed by atoms with E-state index in [1.807, 2.05) is 35.8 Å². The number of nitrogens with one attached hydrogen (secondary N) is 2. The molecule has 0 atom stereocenters. The number of anilines is 1. The van der Waals surface area contributed by atoms with Crippen molar-refractivity contribution < 1.29 is 14.6 Å². The number of benzene rings is 1. The quantitative estimate of drug-likeness (QED) is 0.273. The highest BCUT2D eigenvalue weighted by molar-refractivity contribution is 6.09. The van der Waals surface area contributed by atoms with Gasteiger partial charge in [0.15, 0.2) is 0 Å². The van der Waals surface area contributed by atoms with Gasteiger partial charge in [0.25, 0.3) is 0 Å². The van der Waals surface area contributed by atoms with Crippen molar-refractivity contribution in [1.29, 1.82) is 5.41 Å². The molecule has 0 aliphatic carbocycles. The van der Waals surface area contributed by atoms with Crippen LogP contribution in [0.25, 0.3) is 17.2 Å². The fraction of sp³-hybridized carbons (Fsp3) is 0.333. The zero-order chi connectivity index (χ0) is 23.1. The molecular weight excluding hydrogens is 406 g/mol. The normalized spacial score (nSPS) is 14.0. The summed E-state index contributed by atoms with van der Waals surface area (Å²) in [6, 6.07) is 7.95. The standard InChI is InChI=1S/C24H31N5O3/c1-3-27-24-22(23(25)26)21(18-7-5-17(2)6-8-18)19(29(24)11-4-14-30)9-10-20(31)28-12-15-32-16-13-28/h3,5-10,27,30H,1,4,11-16H2,2H3,(H3,25,26)/b10-9+. The number of hydrogen-bond acceptors (Lipinski definition) is 5. The first-order chi connectivity index (χ1) is 15.5. The van der Waals surface area contributed by atoms with E-state index in [4.69, 9.17) is 15.9 Å². The molecule has 32 heavy (non-hydrogen) atoms. The maximum absolute atomic E-state index is 12.8. The van der Waals surface area contributed by atoms with Crippen molar-refractivity contribution in [3.63, 3.8) is 0 Å². The lowest BCUT2D eigenvalue weighted by Crippen LogP contribution is -2.39. The summed E-state index contributed by atoms with van der Waals surface area (Å²) in [5, 5.41) is 20.8. The lowest BCUT2D eigenvalue weighted by atomic mass is 9.99. The van der Waals surface area contributed by atoms with Gasteiger partial charge < -0.3 is 30.4 Å². The summed E-state index contributed by atoms with van der Waals surface area (Å²) in [6.45, 7) is 8.43. The molecule has 0 spiro atoms. The van der Waals surface area contributed by atoms with E-state index in [0.717, 1.165) is 22.4 Å². The van der Waals surface area contributed by atoms with Gasteiger partial charge in [0.1, 0.15) is 11.7 Å². The average Bonchev–Trinajstić information content (AvgIpc) is 3.10. The van der Waals surface area contributed by atoms with Gasteiger partial charge in [0, 0.05) is 37.9 Å². The summed E-state index contributed by atoms with van der Waals surface area (Å²) in [5.74, 6) is 0.414. The number of carbonyl (C=O) groups excluding carboxylic acids is 1.